The number of hydrogen-bond acceptors (Lipinski definition) is 2. The molecule has 1 heterocycles. The number of carbonyl (C=O) groups is 1. The topological polar surface area (TPSA) is 29.1 Å². The molecule has 1 unspecified atom stereocenters. The first-order chi connectivity index (χ1) is 3.60. The average Bonchev–Trinajstić information content (AvgIpc) is 1.82. The molecule has 0 aromatic carbocycles. The molecule has 1 fully saturated rings. The van der Waals surface area contributed by atoms with Crippen molar-refractivity contribution < 1.29 is 4.79 Å². The van der Waals surface area contributed by atoms with Crippen molar-refractivity contribution in [2.24, 2.45) is 0 Å². The molecule has 0 spiro atoms. The van der Waals surface area contributed by atoms with Gasteiger partial charge in [-0.25, -0.2) is 0 Å². The molecule has 8 heavy (non-hydrogen) atoms. The fourth-order valence-corrected chi connectivity index (χ4v) is 0.983. The summed E-state index contributed by atoms with van der Waals surface area (Å²) in [6.45, 7) is 2.66. The fourth-order valence-electron chi connectivity index (χ4n) is 0.760. The van der Waals surface area contributed by atoms with Gasteiger partial charge < -0.3 is 5.32 Å². The SMILES string of the molecule is CC1(S)CNC(=O)C1. The minimum absolute atomic E-state index is 0.100. The molecule has 1 N–H and O–H groups in total. The zero-order valence-electron chi connectivity index (χ0n) is 4.77. The van der Waals surface area contributed by atoms with Crippen LogP contribution in [0.3, 0.4) is 0 Å². The lowest BCUT2D eigenvalue weighted by atomic mass is 10.1. The predicted molar refractivity (Wildman–Crippen MR) is 35.0 cm³/mol. The Morgan fingerprint density at radius 1 is 1.88 bits per heavy atom. The first-order valence-electron chi connectivity index (χ1n) is 2.59. The summed E-state index contributed by atoms with van der Waals surface area (Å²) >= 11 is 4.23. The monoisotopic (exact) mass is 131 g/mol. The third kappa shape index (κ3) is 1.15. The summed E-state index contributed by atoms with van der Waals surface area (Å²) in [6, 6.07) is 0. The molecule has 1 aliphatic rings. The molecule has 0 aromatic rings. The first-order valence-corrected chi connectivity index (χ1v) is 3.04. The molecule has 0 aliphatic carbocycles. The molecule has 46 valence electrons. The average molecular weight is 131 g/mol. The molecule has 1 atom stereocenters. The van der Waals surface area contributed by atoms with E-state index < -0.39 is 0 Å². The van der Waals surface area contributed by atoms with E-state index in [4.69, 9.17) is 0 Å². The van der Waals surface area contributed by atoms with Gasteiger partial charge in [-0.05, 0) is 6.92 Å². The van der Waals surface area contributed by atoms with Crippen molar-refractivity contribution in [3.05, 3.63) is 0 Å². The van der Waals surface area contributed by atoms with E-state index in [0.29, 0.717) is 13.0 Å². The molecule has 1 amide bonds. The Kier molecular flexibility index (Phi) is 1.23. The normalized spacial score (nSPS) is 37.5. The number of hydrogen-bond donors (Lipinski definition) is 2. The van der Waals surface area contributed by atoms with E-state index in [-0.39, 0.29) is 10.7 Å². The molecule has 1 saturated heterocycles. The molecule has 0 aromatic heterocycles. The summed E-state index contributed by atoms with van der Waals surface area (Å²) in [4.78, 5) is 10.5. The summed E-state index contributed by atoms with van der Waals surface area (Å²) in [6.07, 6.45) is 0.552. The summed E-state index contributed by atoms with van der Waals surface area (Å²) in [5.74, 6) is 0.113. The molecular weight excluding hydrogens is 122 g/mol. The van der Waals surface area contributed by atoms with Crippen LogP contribution in [-0.4, -0.2) is 17.2 Å². The minimum atomic E-state index is -0.100. The minimum Gasteiger partial charge on any atom is -0.355 e. The maximum absolute atomic E-state index is 10.5. The zero-order valence-corrected chi connectivity index (χ0v) is 5.66. The number of amides is 1. The Labute approximate surface area is 54.1 Å². The van der Waals surface area contributed by atoms with Crippen LogP contribution in [0, 0.1) is 0 Å². The van der Waals surface area contributed by atoms with Crippen molar-refractivity contribution in [3.63, 3.8) is 0 Å². The van der Waals surface area contributed by atoms with Crippen LogP contribution in [0.25, 0.3) is 0 Å². The van der Waals surface area contributed by atoms with Gasteiger partial charge in [-0.15, -0.1) is 0 Å². The molecule has 1 aliphatic heterocycles. The quantitative estimate of drug-likeness (QED) is 0.452. The summed E-state index contributed by atoms with van der Waals surface area (Å²) in [7, 11) is 0. The van der Waals surface area contributed by atoms with Gasteiger partial charge in [0.25, 0.3) is 0 Å². The van der Waals surface area contributed by atoms with Gasteiger partial charge in [-0.1, -0.05) is 0 Å². The summed E-state index contributed by atoms with van der Waals surface area (Å²) < 4.78 is -0.100. The van der Waals surface area contributed by atoms with Crippen LogP contribution in [0.1, 0.15) is 13.3 Å². The standard InChI is InChI=1S/C5H9NOS/c1-5(8)2-4(7)6-3-5/h8H,2-3H2,1H3,(H,6,7). The van der Waals surface area contributed by atoms with Gasteiger partial charge in [0.15, 0.2) is 0 Å². The Balaban J connectivity index is 2.56. The number of rotatable bonds is 0. The zero-order chi connectivity index (χ0) is 6.20. The lowest BCUT2D eigenvalue weighted by Gasteiger charge is -2.09. The van der Waals surface area contributed by atoms with E-state index in [0.717, 1.165) is 0 Å². The molecule has 2 nitrogen and oxygen atoms in total. The van der Waals surface area contributed by atoms with E-state index >= 15 is 0 Å². The van der Waals surface area contributed by atoms with Gasteiger partial charge in [-0.3, -0.25) is 4.79 Å². The van der Waals surface area contributed by atoms with Gasteiger partial charge in [0, 0.05) is 17.7 Å². The maximum atomic E-state index is 10.5. The van der Waals surface area contributed by atoms with Crippen molar-refractivity contribution in [3.8, 4) is 0 Å². The highest BCUT2D eigenvalue weighted by atomic mass is 32.1. The van der Waals surface area contributed by atoms with Crippen molar-refractivity contribution in [2.45, 2.75) is 18.1 Å². The van der Waals surface area contributed by atoms with Gasteiger partial charge in [0.05, 0.1) is 0 Å². The Bertz CT molecular complexity index is 122. The van der Waals surface area contributed by atoms with Crippen LogP contribution in [0.15, 0.2) is 0 Å². The molecule has 1 rings (SSSR count). The third-order valence-electron chi connectivity index (χ3n) is 1.21. The van der Waals surface area contributed by atoms with Crippen molar-refractivity contribution in [1.29, 1.82) is 0 Å². The van der Waals surface area contributed by atoms with Crippen molar-refractivity contribution >= 4 is 18.5 Å². The molecule has 3 heteroatoms. The molecule has 0 radical (unpaired) electrons. The van der Waals surface area contributed by atoms with E-state index in [2.05, 4.69) is 17.9 Å². The van der Waals surface area contributed by atoms with E-state index in [9.17, 15) is 4.79 Å². The lowest BCUT2D eigenvalue weighted by Crippen LogP contribution is -2.20. The van der Waals surface area contributed by atoms with Crippen LogP contribution in [0.2, 0.25) is 0 Å². The number of carbonyl (C=O) groups excluding carboxylic acids is 1. The smallest absolute Gasteiger partial charge is 0.221 e. The van der Waals surface area contributed by atoms with Crippen molar-refractivity contribution in [1.82, 2.24) is 5.32 Å². The molecular formula is C5H9NOS. The van der Waals surface area contributed by atoms with Gasteiger partial charge >= 0.3 is 0 Å². The highest BCUT2D eigenvalue weighted by molar-refractivity contribution is 7.81. The summed E-state index contributed by atoms with van der Waals surface area (Å²) in [5.41, 5.74) is 0. The molecule has 0 bridgehead atoms. The Morgan fingerprint density at radius 3 is 2.62 bits per heavy atom. The third-order valence-corrected chi connectivity index (χ3v) is 1.52. The Hall–Kier alpha value is -0.180. The van der Waals surface area contributed by atoms with E-state index in [1.54, 1.807) is 0 Å². The maximum Gasteiger partial charge on any atom is 0.221 e. The summed E-state index contributed by atoms with van der Waals surface area (Å²) in [5, 5.41) is 2.69. The lowest BCUT2D eigenvalue weighted by molar-refractivity contribution is -0.119. The second-order valence-electron chi connectivity index (χ2n) is 2.45. The number of nitrogens with one attached hydrogen (secondary N) is 1. The van der Waals surface area contributed by atoms with Crippen LogP contribution >= 0.6 is 12.6 Å². The fraction of sp³-hybridized carbons (Fsp3) is 0.800. The van der Waals surface area contributed by atoms with E-state index in [1.807, 2.05) is 6.92 Å². The van der Waals surface area contributed by atoms with Gasteiger partial charge in [-0.2, -0.15) is 12.6 Å². The Morgan fingerprint density at radius 2 is 2.50 bits per heavy atom. The molecule has 0 saturated carbocycles. The first kappa shape index (κ1) is 5.95. The highest BCUT2D eigenvalue weighted by Crippen LogP contribution is 2.21. The van der Waals surface area contributed by atoms with Gasteiger partial charge in [0.2, 0.25) is 5.91 Å². The second-order valence-corrected chi connectivity index (χ2v) is 3.53. The van der Waals surface area contributed by atoms with Crippen LogP contribution in [-0.2, 0) is 4.79 Å². The predicted octanol–water partition coefficient (Wildman–Crippen LogP) is 0.195. The van der Waals surface area contributed by atoms with Gasteiger partial charge in [0.1, 0.15) is 0 Å². The van der Waals surface area contributed by atoms with Crippen LogP contribution in [0.4, 0.5) is 0 Å². The number of thiol groups is 1. The van der Waals surface area contributed by atoms with Crippen molar-refractivity contribution in [2.75, 3.05) is 6.54 Å². The largest absolute Gasteiger partial charge is 0.355 e. The van der Waals surface area contributed by atoms with Crippen LogP contribution in [0.5, 0.6) is 0 Å². The highest BCUT2D eigenvalue weighted by Gasteiger charge is 2.29. The van der Waals surface area contributed by atoms with Crippen LogP contribution < -0.4 is 5.32 Å². The van der Waals surface area contributed by atoms with E-state index in [1.165, 1.54) is 0 Å². The second kappa shape index (κ2) is 1.65.